The third-order valence-corrected chi connectivity index (χ3v) is 1.76. The monoisotopic (exact) mass is 207 g/mol. The maximum atomic E-state index is 10.9. The van der Waals surface area contributed by atoms with E-state index in [-0.39, 0.29) is 12.4 Å². The quantitative estimate of drug-likeness (QED) is 0.391. The van der Waals surface area contributed by atoms with Gasteiger partial charge in [-0.05, 0) is 25.4 Å². The van der Waals surface area contributed by atoms with Crippen LogP contribution < -0.4 is 0 Å². The lowest BCUT2D eigenvalue weighted by molar-refractivity contribution is -0.143. The minimum Gasteiger partial charge on any atom is -0.466 e. The van der Waals surface area contributed by atoms with Gasteiger partial charge < -0.3 is 9.64 Å². The summed E-state index contributed by atoms with van der Waals surface area (Å²) in [6.45, 7) is 4.72. The van der Waals surface area contributed by atoms with Crippen LogP contribution in [0, 0.1) is 0 Å². The zero-order valence-electron chi connectivity index (χ0n) is 7.88. The van der Waals surface area contributed by atoms with Gasteiger partial charge in [0.25, 0.3) is 0 Å². The van der Waals surface area contributed by atoms with Crippen molar-refractivity contribution in [2.24, 2.45) is 0 Å². The van der Waals surface area contributed by atoms with Crippen molar-refractivity contribution in [3.63, 3.8) is 0 Å². The molecule has 0 bridgehead atoms. The molecule has 0 aliphatic heterocycles. The molecule has 0 unspecified atom stereocenters. The van der Waals surface area contributed by atoms with E-state index in [0.717, 1.165) is 0 Å². The van der Waals surface area contributed by atoms with Crippen LogP contribution in [0.15, 0.2) is 0 Å². The largest absolute Gasteiger partial charge is 0.466 e. The number of hydrogen-bond donors (Lipinski definition) is 0. The van der Waals surface area contributed by atoms with Crippen LogP contribution in [0.5, 0.6) is 0 Å². The molecule has 0 heterocycles. The number of halogens is 1. The summed E-state index contributed by atoms with van der Waals surface area (Å²) in [4.78, 5) is 22.9. The molecule has 0 aliphatic carbocycles. The van der Waals surface area contributed by atoms with Gasteiger partial charge >= 0.3 is 11.3 Å². The van der Waals surface area contributed by atoms with Gasteiger partial charge in [-0.2, -0.15) is 0 Å². The fourth-order valence-electron chi connectivity index (χ4n) is 0.830. The van der Waals surface area contributed by atoms with Crippen molar-refractivity contribution >= 4 is 22.9 Å². The maximum Gasteiger partial charge on any atom is 0.316 e. The topological polar surface area (TPSA) is 46.6 Å². The number of hydrogen-bond acceptors (Lipinski definition) is 3. The van der Waals surface area contributed by atoms with E-state index >= 15 is 0 Å². The normalized spacial score (nSPS) is 9.46. The molecule has 1 amide bonds. The first-order valence-corrected chi connectivity index (χ1v) is 4.59. The second-order valence-electron chi connectivity index (χ2n) is 2.39. The summed E-state index contributed by atoms with van der Waals surface area (Å²) in [7, 11) is 0. The highest BCUT2D eigenvalue weighted by Crippen LogP contribution is 1.98. The van der Waals surface area contributed by atoms with E-state index in [1.54, 1.807) is 13.8 Å². The third kappa shape index (κ3) is 5.47. The summed E-state index contributed by atoms with van der Waals surface area (Å²) in [6, 6.07) is 0. The summed E-state index contributed by atoms with van der Waals surface area (Å²) in [6.07, 6.45) is 0.195. The summed E-state index contributed by atoms with van der Waals surface area (Å²) < 4.78 is 4.70. The molecule has 5 heteroatoms. The van der Waals surface area contributed by atoms with Crippen LogP contribution in [0.3, 0.4) is 0 Å². The van der Waals surface area contributed by atoms with Crippen molar-refractivity contribution in [3.05, 3.63) is 0 Å². The molecule has 0 atom stereocenters. The maximum absolute atomic E-state index is 10.9. The second kappa shape index (κ2) is 6.71. The van der Waals surface area contributed by atoms with Crippen LogP contribution in [0.1, 0.15) is 20.3 Å². The van der Waals surface area contributed by atoms with E-state index in [1.165, 1.54) is 4.90 Å². The van der Waals surface area contributed by atoms with Gasteiger partial charge in [-0.1, -0.05) is 0 Å². The Balaban J connectivity index is 3.72. The number of amides is 1. The molecule has 0 spiro atoms. The van der Waals surface area contributed by atoms with Gasteiger partial charge in [0, 0.05) is 13.1 Å². The molecule has 4 nitrogen and oxygen atoms in total. The average molecular weight is 208 g/mol. The number of carbonyl (C=O) groups is 2. The van der Waals surface area contributed by atoms with Crippen LogP contribution in [0.25, 0.3) is 0 Å². The molecule has 0 saturated carbocycles. The molecular weight excluding hydrogens is 194 g/mol. The van der Waals surface area contributed by atoms with Gasteiger partial charge in [0.05, 0.1) is 13.0 Å². The molecule has 0 radical (unpaired) electrons. The van der Waals surface area contributed by atoms with Crippen LogP contribution in [-0.4, -0.2) is 35.9 Å². The van der Waals surface area contributed by atoms with Crippen molar-refractivity contribution < 1.29 is 14.3 Å². The predicted molar refractivity (Wildman–Crippen MR) is 49.7 cm³/mol. The SMILES string of the molecule is CCOC(=O)CCN(CC)C(=O)Cl. The van der Waals surface area contributed by atoms with E-state index in [1.807, 2.05) is 0 Å². The summed E-state index contributed by atoms with van der Waals surface area (Å²) >= 11 is 5.24. The van der Waals surface area contributed by atoms with Crippen molar-refractivity contribution in [3.8, 4) is 0 Å². The van der Waals surface area contributed by atoms with Crippen LogP contribution in [-0.2, 0) is 9.53 Å². The average Bonchev–Trinajstić information content (AvgIpc) is 2.05. The van der Waals surface area contributed by atoms with Gasteiger partial charge in [-0.15, -0.1) is 0 Å². The zero-order chi connectivity index (χ0) is 10.3. The molecule has 0 saturated heterocycles. The molecule has 0 fully saturated rings. The minimum atomic E-state index is -0.535. The van der Waals surface area contributed by atoms with Crippen LogP contribution in [0.4, 0.5) is 4.79 Å². The van der Waals surface area contributed by atoms with Crippen molar-refractivity contribution in [2.45, 2.75) is 20.3 Å². The zero-order valence-corrected chi connectivity index (χ0v) is 8.63. The highest BCUT2D eigenvalue weighted by atomic mass is 35.5. The van der Waals surface area contributed by atoms with Gasteiger partial charge in [-0.3, -0.25) is 9.59 Å². The third-order valence-electron chi connectivity index (χ3n) is 1.52. The lowest BCUT2D eigenvalue weighted by Crippen LogP contribution is -2.28. The Morgan fingerprint density at radius 3 is 2.38 bits per heavy atom. The molecule has 0 aromatic heterocycles. The molecule has 76 valence electrons. The second-order valence-corrected chi connectivity index (χ2v) is 2.71. The molecular formula is C8H14ClNO3. The Kier molecular flexibility index (Phi) is 6.32. The van der Waals surface area contributed by atoms with E-state index in [9.17, 15) is 9.59 Å². The fraction of sp³-hybridized carbons (Fsp3) is 0.750. The van der Waals surface area contributed by atoms with Crippen LogP contribution >= 0.6 is 11.6 Å². The molecule has 0 aliphatic rings. The standard InChI is InChI=1S/C8H14ClNO3/c1-3-10(8(9)12)6-5-7(11)13-4-2/h3-6H2,1-2H3. The molecule has 13 heavy (non-hydrogen) atoms. The Morgan fingerprint density at radius 1 is 1.38 bits per heavy atom. The Labute approximate surface area is 82.8 Å². The Bertz CT molecular complexity index is 184. The fourth-order valence-corrected chi connectivity index (χ4v) is 1.03. The van der Waals surface area contributed by atoms with Gasteiger partial charge in [0.1, 0.15) is 0 Å². The summed E-state index contributed by atoms with van der Waals surface area (Å²) in [5.41, 5.74) is 0. The Morgan fingerprint density at radius 2 is 2.00 bits per heavy atom. The van der Waals surface area contributed by atoms with E-state index < -0.39 is 5.37 Å². The van der Waals surface area contributed by atoms with E-state index in [0.29, 0.717) is 19.7 Å². The first-order valence-electron chi connectivity index (χ1n) is 4.21. The van der Waals surface area contributed by atoms with E-state index in [2.05, 4.69) is 0 Å². The Hall–Kier alpha value is -0.770. The highest BCUT2D eigenvalue weighted by Gasteiger charge is 2.10. The van der Waals surface area contributed by atoms with E-state index in [4.69, 9.17) is 16.3 Å². The number of nitrogens with zero attached hydrogens (tertiary/aromatic N) is 1. The smallest absolute Gasteiger partial charge is 0.316 e. The number of ether oxygens (including phenoxy) is 1. The van der Waals surface area contributed by atoms with Crippen molar-refractivity contribution in [1.29, 1.82) is 0 Å². The number of esters is 1. The molecule has 0 aromatic carbocycles. The predicted octanol–water partition coefficient (Wildman–Crippen LogP) is 1.62. The van der Waals surface area contributed by atoms with Crippen molar-refractivity contribution in [1.82, 2.24) is 4.90 Å². The lowest BCUT2D eigenvalue weighted by atomic mass is 10.4. The molecule has 0 N–H and O–H groups in total. The highest BCUT2D eigenvalue weighted by molar-refractivity contribution is 6.62. The molecule has 0 rings (SSSR count). The molecule has 0 aromatic rings. The van der Waals surface area contributed by atoms with Crippen LogP contribution in [0.2, 0.25) is 0 Å². The minimum absolute atomic E-state index is 0.195. The van der Waals surface area contributed by atoms with Crippen molar-refractivity contribution in [2.75, 3.05) is 19.7 Å². The van der Waals surface area contributed by atoms with Gasteiger partial charge in [0.2, 0.25) is 0 Å². The van der Waals surface area contributed by atoms with Gasteiger partial charge in [-0.25, -0.2) is 0 Å². The number of rotatable bonds is 5. The number of carbonyl (C=O) groups excluding carboxylic acids is 2. The summed E-state index contributed by atoms with van der Waals surface area (Å²) in [5.74, 6) is -0.307. The first-order chi connectivity index (χ1) is 6.11. The first kappa shape index (κ1) is 12.2. The lowest BCUT2D eigenvalue weighted by Gasteiger charge is -2.16. The summed E-state index contributed by atoms with van der Waals surface area (Å²) in [5, 5.41) is -0.535. The van der Waals surface area contributed by atoms with Gasteiger partial charge in [0.15, 0.2) is 0 Å².